The Labute approximate surface area is 195 Å². The number of hydrogen-bond donors (Lipinski definition) is 1. The molecule has 0 unspecified atom stereocenters. The number of sulfonamides is 1. The lowest BCUT2D eigenvalue weighted by Gasteiger charge is -2.23. The molecule has 6 nitrogen and oxygen atoms in total. The molecule has 1 aliphatic carbocycles. The number of ether oxygens (including phenoxy) is 1. The van der Waals surface area contributed by atoms with Crippen LogP contribution in [0.4, 0.5) is 5.69 Å². The maximum absolute atomic E-state index is 12.4. The Morgan fingerprint density at radius 2 is 1.75 bits per heavy atom. The third-order valence-electron chi connectivity index (χ3n) is 5.39. The number of rotatable bonds is 11. The summed E-state index contributed by atoms with van der Waals surface area (Å²) in [7, 11) is -3.60. The van der Waals surface area contributed by atoms with E-state index in [1.54, 1.807) is 24.3 Å². The van der Waals surface area contributed by atoms with Crippen molar-refractivity contribution in [3.8, 4) is 5.75 Å². The van der Waals surface area contributed by atoms with Crippen LogP contribution in [0.2, 0.25) is 0 Å². The van der Waals surface area contributed by atoms with E-state index in [0.717, 1.165) is 21.9 Å². The smallest absolute Gasteiger partial charge is 0.240 e. The lowest BCUT2D eigenvalue weighted by atomic mass is 10.0. The van der Waals surface area contributed by atoms with E-state index in [0.29, 0.717) is 29.8 Å². The van der Waals surface area contributed by atoms with Gasteiger partial charge in [0.25, 0.3) is 0 Å². The van der Waals surface area contributed by atoms with Crippen LogP contribution < -0.4 is 14.4 Å². The van der Waals surface area contributed by atoms with Gasteiger partial charge in [-0.05, 0) is 42.7 Å². The van der Waals surface area contributed by atoms with Crippen molar-refractivity contribution in [3.63, 3.8) is 0 Å². The van der Waals surface area contributed by atoms with Crippen molar-refractivity contribution >= 4 is 33.4 Å². The largest absolute Gasteiger partial charge is 0.489 e. The number of nitrogens with one attached hydrogen (secondary N) is 1. The van der Waals surface area contributed by atoms with Crippen LogP contribution >= 0.6 is 11.8 Å². The number of carbonyl (C=O) groups is 1. The van der Waals surface area contributed by atoms with Gasteiger partial charge in [0.1, 0.15) is 18.9 Å². The van der Waals surface area contributed by atoms with E-state index in [-0.39, 0.29) is 12.5 Å². The van der Waals surface area contributed by atoms with Gasteiger partial charge in [-0.25, -0.2) is 8.42 Å². The first-order valence-electron chi connectivity index (χ1n) is 11.0. The summed E-state index contributed by atoms with van der Waals surface area (Å²) < 4.78 is 31.5. The van der Waals surface area contributed by atoms with Gasteiger partial charge < -0.3 is 10.1 Å². The summed E-state index contributed by atoms with van der Waals surface area (Å²) in [5, 5.41) is 3.54. The highest BCUT2D eigenvalue weighted by molar-refractivity contribution is 7.99. The molecule has 0 radical (unpaired) electrons. The first-order chi connectivity index (χ1) is 15.4. The van der Waals surface area contributed by atoms with Crippen LogP contribution in [-0.4, -0.2) is 44.7 Å². The second-order valence-electron chi connectivity index (χ2n) is 8.02. The summed E-state index contributed by atoms with van der Waals surface area (Å²) in [5.74, 6) is 1.18. The summed E-state index contributed by atoms with van der Waals surface area (Å²) in [6.45, 7) is 0.734. The number of carbonyl (C=O) groups excluding carboxylic acids is 1. The molecule has 1 aliphatic rings. The molecule has 0 atom stereocenters. The summed E-state index contributed by atoms with van der Waals surface area (Å²) in [5.41, 5.74) is 1.49. The second kappa shape index (κ2) is 12.2. The number of anilines is 1. The van der Waals surface area contributed by atoms with Crippen molar-refractivity contribution in [2.45, 2.75) is 44.0 Å². The van der Waals surface area contributed by atoms with Gasteiger partial charge in [0, 0.05) is 17.5 Å². The van der Waals surface area contributed by atoms with Gasteiger partial charge in [-0.3, -0.25) is 9.10 Å². The zero-order valence-electron chi connectivity index (χ0n) is 18.5. The Morgan fingerprint density at radius 1 is 1.06 bits per heavy atom. The van der Waals surface area contributed by atoms with E-state index in [1.807, 2.05) is 42.1 Å². The van der Waals surface area contributed by atoms with E-state index in [4.69, 9.17) is 4.74 Å². The molecule has 0 saturated heterocycles. The summed E-state index contributed by atoms with van der Waals surface area (Å²) in [6.07, 6.45) is 7.54. The normalized spacial score (nSPS) is 14.7. The van der Waals surface area contributed by atoms with Crippen molar-refractivity contribution in [2.24, 2.45) is 0 Å². The van der Waals surface area contributed by atoms with Gasteiger partial charge in [0.15, 0.2) is 0 Å². The van der Waals surface area contributed by atoms with E-state index < -0.39 is 10.0 Å². The third kappa shape index (κ3) is 8.06. The number of amides is 1. The monoisotopic (exact) mass is 476 g/mol. The van der Waals surface area contributed by atoms with Crippen LogP contribution in [0.3, 0.4) is 0 Å². The molecular weight excluding hydrogens is 444 g/mol. The van der Waals surface area contributed by atoms with Crippen molar-refractivity contribution in [1.82, 2.24) is 5.32 Å². The molecule has 174 valence electrons. The molecule has 0 bridgehead atoms. The third-order valence-corrected chi connectivity index (χ3v) is 7.91. The number of nitrogens with zero attached hydrogens (tertiary/aromatic N) is 1. The fourth-order valence-corrected chi connectivity index (χ4v) is 5.76. The Kier molecular flexibility index (Phi) is 9.29. The molecule has 0 aliphatic heterocycles. The predicted octanol–water partition coefficient (Wildman–Crippen LogP) is 4.21. The van der Waals surface area contributed by atoms with Crippen molar-refractivity contribution in [2.75, 3.05) is 29.4 Å². The van der Waals surface area contributed by atoms with Crippen LogP contribution in [0.25, 0.3) is 0 Å². The highest BCUT2D eigenvalue weighted by atomic mass is 32.2. The van der Waals surface area contributed by atoms with Gasteiger partial charge in [0.2, 0.25) is 15.9 Å². The highest BCUT2D eigenvalue weighted by Crippen LogP contribution is 2.27. The van der Waals surface area contributed by atoms with Gasteiger partial charge >= 0.3 is 0 Å². The second-order valence-corrected chi connectivity index (χ2v) is 11.3. The van der Waals surface area contributed by atoms with Crippen LogP contribution in [0, 0.1) is 0 Å². The Morgan fingerprint density at radius 3 is 2.41 bits per heavy atom. The van der Waals surface area contributed by atoms with E-state index >= 15 is 0 Å². The zero-order valence-corrected chi connectivity index (χ0v) is 20.2. The number of benzene rings is 2. The van der Waals surface area contributed by atoms with E-state index in [2.05, 4.69) is 5.32 Å². The lowest BCUT2D eigenvalue weighted by Crippen LogP contribution is -2.41. The van der Waals surface area contributed by atoms with Gasteiger partial charge in [-0.2, -0.15) is 11.8 Å². The Hall–Kier alpha value is -2.19. The molecular formula is C24H32N2O4S2. The Bertz CT molecular complexity index is 944. The minimum absolute atomic E-state index is 0.239. The van der Waals surface area contributed by atoms with Gasteiger partial charge in [0.05, 0.1) is 11.9 Å². The molecule has 8 heteroatoms. The molecule has 2 aromatic rings. The molecule has 1 amide bonds. The maximum Gasteiger partial charge on any atom is 0.240 e. The SMILES string of the molecule is CS(=O)(=O)N(CC(=O)NCCSC1CCCCC1)c1ccc(OCc2ccccc2)cc1. The molecule has 0 aromatic heterocycles. The minimum Gasteiger partial charge on any atom is -0.489 e. The zero-order chi connectivity index (χ0) is 22.8. The topological polar surface area (TPSA) is 75.7 Å². The molecule has 0 spiro atoms. The van der Waals surface area contributed by atoms with Gasteiger partial charge in [-0.1, -0.05) is 49.6 Å². The highest BCUT2D eigenvalue weighted by Gasteiger charge is 2.21. The lowest BCUT2D eigenvalue weighted by molar-refractivity contribution is -0.119. The average molecular weight is 477 g/mol. The van der Waals surface area contributed by atoms with Crippen LogP contribution in [-0.2, 0) is 21.4 Å². The van der Waals surface area contributed by atoms with Crippen LogP contribution in [0.1, 0.15) is 37.7 Å². The number of thioether (sulfide) groups is 1. The van der Waals surface area contributed by atoms with Crippen molar-refractivity contribution in [3.05, 3.63) is 60.2 Å². The average Bonchev–Trinajstić information content (AvgIpc) is 2.80. The molecule has 32 heavy (non-hydrogen) atoms. The fraction of sp³-hybridized carbons (Fsp3) is 0.458. The Balaban J connectivity index is 1.49. The van der Waals surface area contributed by atoms with E-state index in [9.17, 15) is 13.2 Å². The fourth-order valence-electron chi connectivity index (χ4n) is 3.68. The summed E-state index contributed by atoms with van der Waals surface area (Å²) >= 11 is 1.90. The quantitative estimate of drug-likeness (QED) is 0.492. The molecule has 1 saturated carbocycles. The summed E-state index contributed by atoms with van der Waals surface area (Å²) in [4.78, 5) is 12.4. The van der Waals surface area contributed by atoms with Gasteiger partial charge in [-0.15, -0.1) is 0 Å². The first kappa shape index (κ1) is 24.5. The predicted molar refractivity (Wildman–Crippen MR) is 132 cm³/mol. The molecule has 1 N–H and O–H groups in total. The van der Waals surface area contributed by atoms with Crippen molar-refractivity contribution in [1.29, 1.82) is 0 Å². The molecule has 2 aromatic carbocycles. The molecule has 1 fully saturated rings. The molecule has 3 rings (SSSR count). The van der Waals surface area contributed by atoms with Crippen LogP contribution in [0.15, 0.2) is 54.6 Å². The first-order valence-corrected chi connectivity index (χ1v) is 13.9. The minimum atomic E-state index is -3.60. The van der Waals surface area contributed by atoms with Crippen LogP contribution in [0.5, 0.6) is 5.75 Å². The standard InChI is InChI=1S/C24H32N2O4S2/c1-32(28,29)26(18-24(27)25-16-17-31-23-10-6-3-7-11-23)21-12-14-22(15-13-21)30-19-20-8-4-2-5-9-20/h2,4-5,8-9,12-15,23H,3,6-7,10-11,16-19H2,1H3,(H,25,27). The van der Waals surface area contributed by atoms with E-state index in [1.165, 1.54) is 32.1 Å². The van der Waals surface area contributed by atoms with Crippen molar-refractivity contribution < 1.29 is 17.9 Å². The molecule has 0 heterocycles. The number of hydrogen-bond acceptors (Lipinski definition) is 5. The maximum atomic E-state index is 12.4. The summed E-state index contributed by atoms with van der Waals surface area (Å²) in [6, 6.07) is 16.6.